The summed E-state index contributed by atoms with van der Waals surface area (Å²) in [5.41, 5.74) is 5.18. The molecule has 170 valence electrons. The molecule has 2 aliphatic rings. The molecular weight excluding hydrogens is 390 g/mol. The number of nitro groups is 1. The fourth-order valence-electron chi connectivity index (χ4n) is 5.00. The molecular formula is C25H37N3O3. The zero-order chi connectivity index (χ0) is 22.2. The molecule has 1 aromatic rings. The average molecular weight is 428 g/mol. The van der Waals surface area contributed by atoms with Crippen molar-refractivity contribution in [3.05, 3.63) is 69.9 Å². The number of nitrogens with zero attached hydrogens (tertiary/aromatic N) is 2. The smallest absolute Gasteiger partial charge is 0.157 e. The van der Waals surface area contributed by atoms with E-state index in [9.17, 15) is 10.1 Å². The van der Waals surface area contributed by atoms with Gasteiger partial charge in [0.25, 0.3) is 0 Å². The van der Waals surface area contributed by atoms with Gasteiger partial charge in [0.1, 0.15) is 6.04 Å². The van der Waals surface area contributed by atoms with Gasteiger partial charge in [-0.1, -0.05) is 56.3 Å². The molecule has 3 rings (SSSR count). The Morgan fingerprint density at radius 3 is 2.55 bits per heavy atom. The summed E-state index contributed by atoms with van der Waals surface area (Å²) in [5.74, 6) is 0.957. The van der Waals surface area contributed by atoms with E-state index < -0.39 is 5.03 Å². The first kappa shape index (κ1) is 23.3. The van der Waals surface area contributed by atoms with Gasteiger partial charge in [-0.05, 0) is 62.5 Å². The predicted octanol–water partition coefficient (Wildman–Crippen LogP) is 5.07. The lowest BCUT2D eigenvalue weighted by Crippen LogP contribution is -2.48. The fourth-order valence-corrected chi connectivity index (χ4v) is 5.00. The number of allylic oxidation sites excluding steroid dienone is 4. The van der Waals surface area contributed by atoms with E-state index in [-0.39, 0.29) is 18.2 Å². The largest absolute Gasteiger partial charge is 0.376 e. The first-order chi connectivity index (χ1) is 15.0. The minimum atomic E-state index is -0.406. The number of hydrazine groups is 1. The van der Waals surface area contributed by atoms with Gasteiger partial charge in [0.15, 0.2) is 5.03 Å². The highest BCUT2D eigenvalue weighted by molar-refractivity contribution is 5.20. The van der Waals surface area contributed by atoms with Gasteiger partial charge in [-0.15, -0.1) is 5.43 Å². The molecule has 1 aliphatic carbocycles. The van der Waals surface area contributed by atoms with E-state index >= 15 is 0 Å². The van der Waals surface area contributed by atoms with E-state index in [1.54, 1.807) is 0 Å². The molecule has 1 N–H and O–H groups in total. The van der Waals surface area contributed by atoms with Crippen molar-refractivity contribution in [1.82, 2.24) is 10.3 Å². The monoisotopic (exact) mass is 427 g/mol. The summed E-state index contributed by atoms with van der Waals surface area (Å²) < 4.78 is 6.38. The van der Waals surface area contributed by atoms with Crippen molar-refractivity contribution in [3.63, 3.8) is 0 Å². The molecule has 0 spiro atoms. The molecule has 0 radical (unpaired) electrons. The van der Waals surface area contributed by atoms with Crippen LogP contribution in [0.25, 0.3) is 0 Å². The van der Waals surface area contributed by atoms with E-state index in [0.717, 1.165) is 38.6 Å². The number of ether oxygens (including phenoxy) is 1. The normalized spacial score (nSPS) is 27.2. The maximum atomic E-state index is 11.2. The van der Waals surface area contributed by atoms with Crippen molar-refractivity contribution >= 4 is 0 Å². The molecule has 6 nitrogen and oxygen atoms in total. The molecule has 2 atom stereocenters. The standard InChI is InChI=1S/C25H37N3O3/c1-4-5-11-24(19(2)3)27-17-16-23(26-28(29)30)25(27)18-31-22-14-12-21(13-15-22)20-9-7-6-8-10-20/h4-11,19,21-23,25-26H,12-18H2,1-3H3/b5-4-,24-11+. The Morgan fingerprint density at radius 1 is 1.23 bits per heavy atom. The summed E-state index contributed by atoms with van der Waals surface area (Å²) in [6.45, 7) is 7.68. The van der Waals surface area contributed by atoms with Crippen LogP contribution in [0, 0.1) is 16.0 Å². The van der Waals surface area contributed by atoms with E-state index in [4.69, 9.17) is 4.74 Å². The number of hydrogen-bond acceptors (Lipinski definition) is 4. The Hall–Kier alpha value is -2.34. The third-order valence-electron chi connectivity index (χ3n) is 6.65. The van der Waals surface area contributed by atoms with Gasteiger partial charge < -0.3 is 9.64 Å². The second-order valence-corrected chi connectivity index (χ2v) is 9.03. The van der Waals surface area contributed by atoms with Crippen molar-refractivity contribution in [3.8, 4) is 0 Å². The van der Waals surface area contributed by atoms with Crippen LogP contribution in [0.15, 0.2) is 54.3 Å². The van der Waals surface area contributed by atoms with Gasteiger partial charge in [0, 0.05) is 12.2 Å². The molecule has 1 aliphatic heterocycles. The van der Waals surface area contributed by atoms with Crippen LogP contribution in [0.3, 0.4) is 0 Å². The molecule has 1 saturated carbocycles. The highest BCUT2D eigenvalue weighted by atomic mass is 16.7. The van der Waals surface area contributed by atoms with Gasteiger partial charge in [-0.2, -0.15) is 0 Å². The minimum Gasteiger partial charge on any atom is -0.376 e. The Labute approximate surface area is 186 Å². The van der Waals surface area contributed by atoms with Crippen LogP contribution < -0.4 is 5.43 Å². The molecule has 0 aromatic heterocycles. The van der Waals surface area contributed by atoms with E-state index in [1.165, 1.54) is 11.3 Å². The Bertz CT molecular complexity index is 755. The first-order valence-corrected chi connectivity index (χ1v) is 11.7. The third kappa shape index (κ3) is 6.33. The maximum Gasteiger partial charge on any atom is 0.157 e. The lowest BCUT2D eigenvalue weighted by molar-refractivity contribution is -0.551. The van der Waals surface area contributed by atoms with Crippen LogP contribution in [0.5, 0.6) is 0 Å². The maximum absolute atomic E-state index is 11.2. The van der Waals surface area contributed by atoms with Crippen LogP contribution in [-0.4, -0.2) is 41.3 Å². The van der Waals surface area contributed by atoms with Crippen molar-refractivity contribution in [2.24, 2.45) is 5.92 Å². The van der Waals surface area contributed by atoms with E-state index in [1.807, 2.05) is 19.1 Å². The second-order valence-electron chi connectivity index (χ2n) is 9.03. The zero-order valence-corrected chi connectivity index (χ0v) is 19.1. The summed E-state index contributed by atoms with van der Waals surface area (Å²) in [4.78, 5) is 13.5. The van der Waals surface area contributed by atoms with Crippen molar-refractivity contribution in [1.29, 1.82) is 0 Å². The van der Waals surface area contributed by atoms with Crippen molar-refractivity contribution in [2.45, 2.75) is 77.0 Å². The Kier molecular flexibility index (Phi) is 8.52. The molecule has 31 heavy (non-hydrogen) atoms. The summed E-state index contributed by atoms with van der Waals surface area (Å²) in [7, 11) is 0. The third-order valence-corrected chi connectivity index (χ3v) is 6.65. The molecule has 1 heterocycles. The highest BCUT2D eigenvalue weighted by Gasteiger charge is 2.39. The molecule has 2 unspecified atom stereocenters. The number of benzene rings is 1. The summed E-state index contributed by atoms with van der Waals surface area (Å²) >= 11 is 0. The van der Waals surface area contributed by atoms with Crippen LogP contribution in [0.4, 0.5) is 0 Å². The number of likely N-dealkylation sites (tertiary alicyclic amines) is 1. The number of hydrogen-bond donors (Lipinski definition) is 1. The molecule has 0 amide bonds. The van der Waals surface area contributed by atoms with Gasteiger partial charge in [0.2, 0.25) is 0 Å². The quantitative estimate of drug-likeness (QED) is 0.339. The second kappa shape index (κ2) is 11.3. The molecule has 1 saturated heterocycles. The highest BCUT2D eigenvalue weighted by Crippen LogP contribution is 2.35. The molecule has 1 aromatic carbocycles. The lowest BCUT2D eigenvalue weighted by atomic mass is 9.83. The van der Waals surface area contributed by atoms with Gasteiger partial charge >= 0.3 is 0 Å². The van der Waals surface area contributed by atoms with Crippen LogP contribution >= 0.6 is 0 Å². The molecule has 6 heteroatoms. The fraction of sp³-hybridized carbons (Fsp3) is 0.600. The Morgan fingerprint density at radius 2 is 1.94 bits per heavy atom. The summed E-state index contributed by atoms with van der Waals surface area (Å²) in [5, 5.41) is 10.8. The van der Waals surface area contributed by atoms with Crippen LogP contribution in [-0.2, 0) is 4.74 Å². The van der Waals surface area contributed by atoms with E-state index in [2.05, 4.69) is 60.6 Å². The summed E-state index contributed by atoms with van der Waals surface area (Å²) in [6.07, 6.45) is 11.5. The van der Waals surface area contributed by atoms with E-state index in [0.29, 0.717) is 18.4 Å². The predicted molar refractivity (Wildman–Crippen MR) is 124 cm³/mol. The topological polar surface area (TPSA) is 67.6 Å². The SMILES string of the molecule is C/C=C\C=C(/C(C)C)N1CCC(N[N+](=O)[O-])C1COC1CCC(c2ccccc2)CC1. The van der Waals surface area contributed by atoms with Gasteiger partial charge in [-0.3, -0.25) is 0 Å². The number of nitrogens with one attached hydrogen (secondary N) is 1. The van der Waals surface area contributed by atoms with Crippen LogP contribution in [0.2, 0.25) is 0 Å². The Balaban J connectivity index is 1.62. The molecule has 0 bridgehead atoms. The number of rotatable bonds is 9. The van der Waals surface area contributed by atoms with Crippen molar-refractivity contribution < 1.29 is 9.77 Å². The lowest BCUT2D eigenvalue weighted by Gasteiger charge is -2.35. The minimum absolute atomic E-state index is 0.0313. The molecule has 2 fully saturated rings. The van der Waals surface area contributed by atoms with Crippen LogP contribution in [0.1, 0.15) is 64.4 Å². The average Bonchev–Trinajstić information content (AvgIpc) is 3.14. The van der Waals surface area contributed by atoms with Gasteiger partial charge in [0.05, 0.1) is 18.8 Å². The summed E-state index contributed by atoms with van der Waals surface area (Å²) in [6, 6.07) is 10.5. The zero-order valence-electron chi connectivity index (χ0n) is 19.1. The van der Waals surface area contributed by atoms with Gasteiger partial charge in [-0.25, -0.2) is 10.1 Å². The van der Waals surface area contributed by atoms with Crippen molar-refractivity contribution in [2.75, 3.05) is 13.2 Å². The first-order valence-electron chi connectivity index (χ1n) is 11.7.